The van der Waals surface area contributed by atoms with Gasteiger partial charge in [0.2, 0.25) is 0 Å². The SMILES string of the molecule is CCCC(CCC)=C1c2ccc(Cl)cc2CCC2=CC=CNC21.CS(=O)(=O)Cc1ccccc1. The van der Waals surface area contributed by atoms with Crippen LogP contribution in [-0.2, 0) is 22.0 Å². The van der Waals surface area contributed by atoms with Gasteiger partial charge in [0.15, 0.2) is 9.84 Å². The van der Waals surface area contributed by atoms with Gasteiger partial charge in [-0.05, 0) is 77.9 Å². The van der Waals surface area contributed by atoms with E-state index in [0.717, 1.165) is 23.4 Å². The van der Waals surface area contributed by atoms with Crippen LogP contribution in [0.3, 0.4) is 0 Å². The van der Waals surface area contributed by atoms with Crippen molar-refractivity contribution >= 4 is 27.0 Å². The molecule has 3 nitrogen and oxygen atoms in total. The number of benzene rings is 2. The van der Waals surface area contributed by atoms with Crippen LogP contribution in [0.25, 0.3) is 5.57 Å². The van der Waals surface area contributed by atoms with Crippen LogP contribution in [-0.4, -0.2) is 20.7 Å². The first-order chi connectivity index (χ1) is 16.3. The van der Waals surface area contributed by atoms with Crippen molar-refractivity contribution in [3.05, 3.63) is 99.7 Å². The Morgan fingerprint density at radius 1 is 1.03 bits per heavy atom. The van der Waals surface area contributed by atoms with Gasteiger partial charge in [-0.15, -0.1) is 0 Å². The summed E-state index contributed by atoms with van der Waals surface area (Å²) in [6.07, 6.45) is 14.7. The van der Waals surface area contributed by atoms with Gasteiger partial charge in [0, 0.05) is 11.3 Å². The second-order valence-corrected chi connectivity index (χ2v) is 11.7. The Morgan fingerprint density at radius 3 is 2.38 bits per heavy atom. The van der Waals surface area contributed by atoms with Gasteiger partial charge in [-0.2, -0.15) is 0 Å². The minimum absolute atomic E-state index is 0.133. The first kappa shape index (κ1) is 26.3. The smallest absolute Gasteiger partial charge is 0.151 e. The number of aryl methyl sites for hydroxylation is 1. The molecule has 34 heavy (non-hydrogen) atoms. The van der Waals surface area contributed by atoms with Crippen molar-refractivity contribution in [3.8, 4) is 0 Å². The van der Waals surface area contributed by atoms with E-state index in [1.165, 1.54) is 54.2 Å². The Labute approximate surface area is 210 Å². The van der Waals surface area contributed by atoms with Crippen molar-refractivity contribution in [3.63, 3.8) is 0 Å². The molecule has 0 radical (unpaired) electrons. The third-order valence-electron chi connectivity index (χ3n) is 6.13. The largest absolute Gasteiger partial charge is 0.380 e. The predicted molar refractivity (Wildman–Crippen MR) is 146 cm³/mol. The third kappa shape index (κ3) is 7.35. The summed E-state index contributed by atoms with van der Waals surface area (Å²) in [4.78, 5) is 0. The van der Waals surface area contributed by atoms with E-state index < -0.39 is 9.84 Å². The fraction of sp³-hybridized carbons (Fsp3) is 0.379. The number of rotatable bonds is 6. The van der Waals surface area contributed by atoms with E-state index in [9.17, 15) is 8.42 Å². The zero-order valence-corrected chi connectivity index (χ0v) is 22.1. The second-order valence-electron chi connectivity index (χ2n) is 9.07. The summed E-state index contributed by atoms with van der Waals surface area (Å²) in [5.74, 6) is 0.133. The highest BCUT2D eigenvalue weighted by Gasteiger charge is 2.28. The van der Waals surface area contributed by atoms with Crippen molar-refractivity contribution in [1.82, 2.24) is 5.32 Å². The Kier molecular flexibility index (Phi) is 9.61. The normalized spacial score (nSPS) is 16.8. The zero-order valence-electron chi connectivity index (χ0n) is 20.5. The number of hydrogen-bond acceptors (Lipinski definition) is 3. The second kappa shape index (κ2) is 12.4. The molecule has 1 atom stereocenters. The van der Waals surface area contributed by atoms with Gasteiger partial charge < -0.3 is 5.32 Å². The maximum absolute atomic E-state index is 10.8. The van der Waals surface area contributed by atoms with Crippen LogP contribution in [0.1, 0.15) is 62.6 Å². The number of sulfone groups is 1. The van der Waals surface area contributed by atoms with Crippen LogP contribution in [0.2, 0.25) is 5.02 Å². The highest BCUT2D eigenvalue weighted by molar-refractivity contribution is 7.89. The maximum atomic E-state index is 10.8. The number of hydrogen-bond donors (Lipinski definition) is 1. The molecular formula is C29H36ClNO2S. The summed E-state index contributed by atoms with van der Waals surface area (Å²) in [5, 5.41) is 4.47. The van der Waals surface area contributed by atoms with E-state index in [0.29, 0.717) is 6.04 Å². The maximum Gasteiger partial charge on any atom is 0.151 e. The fourth-order valence-electron chi connectivity index (χ4n) is 4.76. The molecule has 2 aliphatic rings. The molecule has 2 aromatic rings. The molecule has 0 saturated carbocycles. The number of halogens is 1. The molecule has 1 aliphatic carbocycles. The molecule has 0 aromatic heterocycles. The van der Waals surface area contributed by atoms with Gasteiger partial charge in [-0.1, -0.05) is 86.3 Å². The fourth-order valence-corrected chi connectivity index (χ4v) is 5.75. The Balaban J connectivity index is 0.000000248. The van der Waals surface area contributed by atoms with E-state index in [1.54, 1.807) is 17.7 Å². The van der Waals surface area contributed by atoms with E-state index >= 15 is 0 Å². The summed E-state index contributed by atoms with van der Waals surface area (Å²) >= 11 is 6.27. The first-order valence-electron chi connectivity index (χ1n) is 12.2. The lowest BCUT2D eigenvalue weighted by atomic mass is 9.85. The van der Waals surface area contributed by atoms with Crippen molar-refractivity contribution in [2.24, 2.45) is 0 Å². The molecule has 182 valence electrons. The van der Waals surface area contributed by atoms with E-state index in [-0.39, 0.29) is 5.75 Å². The zero-order chi connectivity index (χ0) is 24.6. The quantitative estimate of drug-likeness (QED) is 0.456. The average Bonchev–Trinajstić information content (AvgIpc) is 2.95. The average molecular weight is 498 g/mol. The molecule has 1 heterocycles. The van der Waals surface area contributed by atoms with E-state index in [4.69, 9.17) is 11.6 Å². The van der Waals surface area contributed by atoms with Gasteiger partial charge in [-0.3, -0.25) is 0 Å². The van der Waals surface area contributed by atoms with Crippen molar-refractivity contribution in [1.29, 1.82) is 0 Å². The van der Waals surface area contributed by atoms with Crippen molar-refractivity contribution in [2.75, 3.05) is 6.26 Å². The van der Waals surface area contributed by atoms with Crippen molar-refractivity contribution in [2.45, 2.75) is 64.2 Å². The monoisotopic (exact) mass is 497 g/mol. The highest BCUT2D eigenvalue weighted by atomic mass is 35.5. The summed E-state index contributed by atoms with van der Waals surface area (Å²) < 4.78 is 21.6. The highest BCUT2D eigenvalue weighted by Crippen LogP contribution is 2.39. The van der Waals surface area contributed by atoms with Crippen LogP contribution in [0.4, 0.5) is 0 Å². The summed E-state index contributed by atoms with van der Waals surface area (Å²) in [6, 6.07) is 15.9. The molecular weight excluding hydrogens is 462 g/mol. The lowest BCUT2D eigenvalue weighted by Crippen LogP contribution is -2.30. The lowest BCUT2D eigenvalue weighted by Gasteiger charge is -2.27. The minimum atomic E-state index is -2.88. The van der Waals surface area contributed by atoms with Gasteiger partial charge in [0.1, 0.15) is 0 Å². The molecule has 1 N–H and O–H groups in total. The number of allylic oxidation sites excluding steroid dienone is 3. The summed E-state index contributed by atoms with van der Waals surface area (Å²) in [7, 11) is -2.88. The van der Waals surface area contributed by atoms with Crippen LogP contribution in [0.15, 0.2) is 78.0 Å². The Hall–Kier alpha value is -2.30. The third-order valence-corrected chi connectivity index (χ3v) is 7.22. The lowest BCUT2D eigenvalue weighted by molar-refractivity contribution is 0.601. The number of fused-ring (bicyclic) bond motifs is 2. The van der Waals surface area contributed by atoms with Crippen molar-refractivity contribution < 1.29 is 8.42 Å². The van der Waals surface area contributed by atoms with Crippen LogP contribution < -0.4 is 5.32 Å². The van der Waals surface area contributed by atoms with Gasteiger partial charge in [0.05, 0.1) is 11.8 Å². The first-order valence-corrected chi connectivity index (χ1v) is 14.6. The Morgan fingerprint density at radius 2 is 1.74 bits per heavy atom. The molecule has 1 aliphatic heterocycles. The molecule has 0 fully saturated rings. The molecule has 2 aromatic carbocycles. The predicted octanol–water partition coefficient (Wildman–Crippen LogP) is 7.28. The minimum Gasteiger partial charge on any atom is -0.380 e. The van der Waals surface area contributed by atoms with E-state index in [1.807, 2.05) is 24.3 Å². The number of dihydropyridines is 1. The van der Waals surface area contributed by atoms with Crippen LogP contribution in [0.5, 0.6) is 0 Å². The molecule has 0 amide bonds. The van der Waals surface area contributed by atoms with Crippen LogP contribution >= 0.6 is 11.6 Å². The topological polar surface area (TPSA) is 46.2 Å². The standard InChI is InChI=1S/C21H26ClN.C8H10O2S/c1-3-6-15(7-4-2)20-19-12-11-18(22)14-17(19)10-9-16-8-5-13-23-21(16)20;1-11(9,10)7-8-5-3-2-4-6-8/h5,8,11-14,21,23H,3-4,6-7,9-10H2,1-2H3;2-6H,7H2,1H3. The Bertz CT molecular complexity index is 1160. The molecule has 5 heteroatoms. The molecule has 4 rings (SSSR count). The summed E-state index contributed by atoms with van der Waals surface area (Å²) in [6.45, 7) is 4.56. The molecule has 0 spiro atoms. The summed E-state index contributed by atoms with van der Waals surface area (Å²) in [5.41, 5.74) is 8.26. The van der Waals surface area contributed by atoms with E-state index in [2.05, 4.69) is 49.6 Å². The molecule has 1 unspecified atom stereocenters. The van der Waals surface area contributed by atoms with Crippen LogP contribution in [0, 0.1) is 0 Å². The molecule has 0 saturated heterocycles. The number of nitrogens with one attached hydrogen (secondary N) is 1. The van der Waals surface area contributed by atoms with Gasteiger partial charge in [-0.25, -0.2) is 8.42 Å². The van der Waals surface area contributed by atoms with Gasteiger partial charge in [0.25, 0.3) is 0 Å². The molecule has 0 bridgehead atoms. The van der Waals surface area contributed by atoms with Gasteiger partial charge >= 0.3 is 0 Å².